The number of nitrogens with one attached hydrogen (secondary N) is 1. The Kier molecular flexibility index (Phi) is 6.83. The van der Waals surface area contributed by atoms with Gasteiger partial charge in [-0.25, -0.2) is 0 Å². The molecule has 6 nitrogen and oxygen atoms in total. The zero-order valence-electron chi connectivity index (χ0n) is 13.2. The van der Waals surface area contributed by atoms with Crippen LogP contribution in [0.25, 0.3) is 0 Å². The van der Waals surface area contributed by atoms with E-state index in [9.17, 15) is 14.9 Å². The molecule has 0 bridgehead atoms. The molecule has 1 aromatic rings. The third-order valence-corrected chi connectivity index (χ3v) is 4.97. The van der Waals surface area contributed by atoms with Crippen LogP contribution in [0.3, 0.4) is 0 Å². The highest BCUT2D eigenvalue weighted by Gasteiger charge is 2.28. The van der Waals surface area contributed by atoms with Crippen molar-refractivity contribution in [2.24, 2.45) is 5.73 Å². The molecule has 0 spiro atoms. The standard InChI is InChI=1S/C15H23N3O3S/c1-4-15(5-2,10-16)17-14(19)11(3)22-13-8-6-12(7-9-13)18(20)21/h6-9,11H,4-5,10,16H2,1-3H3,(H,17,19). The number of nitrogens with two attached hydrogens (primary N) is 1. The Morgan fingerprint density at radius 3 is 2.32 bits per heavy atom. The van der Waals surface area contributed by atoms with Gasteiger partial charge in [0, 0.05) is 23.6 Å². The third-order valence-electron chi connectivity index (χ3n) is 3.86. The summed E-state index contributed by atoms with van der Waals surface area (Å²) in [6, 6.07) is 6.19. The van der Waals surface area contributed by atoms with Crippen molar-refractivity contribution in [3.05, 3.63) is 34.4 Å². The van der Waals surface area contributed by atoms with Gasteiger partial charge in [-0.3, -0.25) is 14.9 Å². The Bertz CT molecular complexity index is 507. The van der Waals surface area contributed by atoms with Gasteiger partial charge in [0.05, 0.1) is 15.7 Å². The number of hydrogen-bond acceptors (Lipinski definition) is 5. The number of hydrogen-bond donors (Lipinski definition) is 2. The van der Waals surface area contributed by atoms with Crippen LogP contribution in [0, 0.1) is 10.1 Å². The fraction of sp³-hybridized carbons (Fsp3) is 0.533. The maximum atomic E-state index is 12.3. The van der Waals surface area contributed by atoms with Gasteiger partial charge in [-0.2, -0.15) is 0 Å². The van der Waals surface area contributed by atoms with Crippen molar-refractivity contribution >= 4 is 23.4 Å². The molecule has 0 saturated heterocycles. The summed E-state index contributed by atoms with van der Waals surface area (Å²) < 4.78 is 0. The summed E-state index contributed by atoms with van der Waals surface area (Å²) in [5.41, 5.74) is 5.47. The van der Waals surface area contributed by atoms with Gasteiger partial charge >= 0.3 is 0 Å². The van der Waals surface area contributed by atoms with Crippen LogP contribution in [0.2, 0.25) is 0 Å². The number of benzene rings is 1. The van der Waals surface area contributed by atoms with E-state index in [2.05, 4.69) is 5.32 Å². The van der Waals surface area contributed by atoms with Crippen molar-refractivity contribution in [3.63, 3.8) is 0 Å². The number of rotatable bonds is 8. The van der Waals surface area contributed by atoms with Gasteiger partial charge < -0.3 is 11.1 Å². The molecule has 0 fully saturated rings. The number of non-ortho nitro benzene ring substituents is 1. The predicted molar refractivity (Wildman–Crippen MR) is 88.9 cm³/mol. The maximum Gasteiger partial charge on any atom is 0.269 e. The van der Waals surface area contributed by atoms with Crippen LogP contribution >= 0.6 is 11.8 Å². The number of thioether (sulfide) groups is 1. The highest BCUT2D eigenvalue weighted by Crippen LogP contribution is 2.26. The van der Waals surface area contributed by atoms with Gasteiger partial charge in [-0.1, -0.05) is 13.8 Å². The van der Waals surface area contributed by atoms with Gasteiger partial charge in [0.1, 0.15) is 0 Å². The quantitative estimate of drug-likeness (QED) is 0.435. The lowest BCUT2D eigenvalue weighted by molar-refractivity contribution is -0.384. The molecule has 0 aliphatic heterocycles. The van der Waals surface area contributed by atoms with Crippen molar-refractivity contribution in [1.82, 2.24) is 5.32 Å². The summed E-state index contributed by atoms with van der Waals surface area (Å²) in [5.74, 6) is -0.0718. The second kappa shape index (κ2) is 8.14. The lowest BCUT2D eigenvalue weighted by atomic mass is 9.93. The van der Waals surface area contributed by atoms with E-state index in [1.54, 1.807) is 12.1 Å². The zero-order valence-corrected chi connectivity index (χ0v) is 14.0. The van der Waals surface area contributed by atoms with E-state index in [0.29, 0.717) is 6.54 Å². The van der Waals surface area contributed by atoms with E-state index in [-0.39, 0.29) is 22.4 Å². The minimum absolute atomic E-state index is 0.0422. The molecule has 0 heterocycles. The van der Waals surface area contributed by atoms with Crippen molar-refractivity contribution in [3.8, 4) is 0 Å². The van der Waals surface area contributed by atoms with Crippen LogP contribution in [0.1, 0.15) is 33.6 Å². The van der Waals surface area contributed by atoms with Gasteiger partial charge in [0.15, 0.2) is 0 Å². The smallest absolute Gasteiger partial charge is 0.269 e. The highest BCUT2D eigenvalue weighted by molar-refractivity contribution is 8.00. The fourth-order valence-electron chi connectivity index (χ4n) is 2.03. The molecular weight excluding hydrogens is 302 g/mol. The molecule has 0 aliphatic carbocycles. The lowest BCUT2D eigenvalue weighted by Gasteiger charge is -2.32. The molecule has 22 heavy (non-hydrogen) atoms. The first kappa shape index (κ1) is 18.4. The first-order chi connectivity index (χ1) is 10.4. The average molecular weight is 325 g/mol. The monoisotopic (exact) mass is 325 g/mol. The highest BCUT2D eigenvalue weighted by atomic mass is 32.2. The molecule has 1 rings (SSSR count). The summed E-state index contributed by atoms with van der Waals surface area (Å²) in [7, 11) is 0. The van der Waals surface area contributed by atoms with E-state index in [1.165, 1.54) is 23.9 Å². The first-order valence-electron chi connectivity index (χ1n) is 7.30. The normalized spacial score (nSPS) is 12.7. The van der Waals surface area contributed by atoms with Crippen LogP contribution in [0.4, 0.5) is 5.69 Å². The number of nitro benzene ring substituents is 1. The van der Waals surface area contributed by atoms with Gasteiger partial charge in [0.25, 0.3) is 5.69 Å². The molecule has 3 N–H and O–H groups in total. The Labute approximate surface area is 135 Å². The van der Waals surface area contributed by atoms with Crippen LogP contribution in [-0.4, -0.2) is 28.2 Å². The van der Waals surface area contributed by atoms with Crippen LogP contribution < -0.4 is 11.1 Å². The number of amides is 1. The molecule has 7 heteroatoms. The first-order valence-corrected chi connectivity index (χ1v) is 8.18. The molecule has 1 atom stereocenters. The van der Waals surface area contributed by atoms with Crippen molar-refractivity contribution < 1.29 is 9.72 Å². The molecule has 1 unspecified atom stereocenters. The Hall–Kier alpha value is -1.60. The maximum absolute atomic E-state index is 12.3. The molecule has 0 radical (unpaired) electrons. The van der Waals surface area contributed by atoms with E-state index >= 15 is 0 Å². The molecule has 122 valence electrons. The number of nitrogens with zero attached hydrogens (tertiary/aromatic N) is 1. The molecule has 0 aliphatic rings. The summed E-state index contributed by atoms with van der Waals surface area (Å²) in [6.07, 6.45) is 1.56. The van der Waals surface area contributed by atoms with Crippen LogP contribution in [0.15, 0.2) is 29.2 Å². The van der Waals surface area contributed by atoms with E-state index < -0.39 is 4.92 Å². The van der Waals surface area contributed by atoms with Gasteiger partial charge in [0.2, 0.25) is 5.91 Å². The minimum Gasteiger partial charge on any atom is -0.348 e. The fourth-order valence-corrected chi connectivity index (χ4v) is 2.90. The number of carbonyl (C=O) groups excluding carboxylic acids is 1. The summed E-state index contributed by atoms with van der Waals surface area (Å²) in [4.78, 5) is 23.3. The lowest BCUT2D eigenvalue weighted by Crippen LogP contribution is -2.54. The van der Waals surface area contributed by atoms with Gasteiger partial charge in [-0.05, 0) is 31.9 Å². The van der Waals surface area contributed by atoms with Crippen LogP contribution in [0.5, 0.6) is 0 Å². The summed E-state index contributed by atoms with van der Waals surface area (Å²) in [6.45, 7) is 6.23. The molecular formula is C15H23N3O3S. The third kappa shape index (κ3) is 4.71. The topological polar surface area (TPSA) is 98.3 Å². The second-order valence-electron chi connectivity index (χ2n) is 5.19. The number of nitro groups is 1. The van der Waals surface area contributed by atoms with Crippen LogP contribution in [-0.2, 0) is 4.79 Å². The van der Waals surface area contributed by atoms with Crippen molar-refractivity contribution in [2.45, 2.75) is 49.3 Å². The summed E-state index contributed by atoms with van der Waals surface area (Å²) in [5, 5.41) is 13.4. The van der Waals surface area contributed by atoms with E-state index in [0.717, 1.165) is 17.7 Å². The molecule has 1 amide bonds. The predicted octanol–water partition coefficient (Wildman–Crippen LogP) is 2.71. The van der Waals surface area contributed by atoms with Gasteiger partial charge in [-0.15, -0.1) is 11.8 Å². The summed E-state index contributed by atoms with van der Waals surface area (Å²) >= 11 is 1.37. The van der Waals surface area contributed by atoms with E-state index in [4.69, 9.17) is 5.73 Å². The molecule has 0 saturated carbocycles. The largest absolute Gasteiger partial charge is 0.348 e. The Morgan fingerprint density at radius 2 is 1.91 bits per heavy atom. The molecule has 1 aromatic carbocycles. The average Bonchev–Trinajstić information content (AvgIpc) is 2.53. The number of carbonyl (C=O) groups is 1. The molecule has 0 aromatic heterocycles. The van der Waals surface area contributed by atoms with E-state index in [1.807, 2.05) is 20.8 Å². The SMILES string of the molecule is CCC(CC)(CN)NC(=O)C(C)Sc1ccc([N+](=O)[O-])cc1. The zero-order chi connectivity index (χ0) is 16.8. The van der Waals surface area contributed by atoms with Crippen molar-refractivity contribution in [1.29, 1.82) is 0 Å². The Balaban J connectivity index is 2.69. The minimum atomic E-state index is -0.442. The van der Waals surface area contributed by atoms with Crippen molar-refractivity contribution in [2.75, 3.05) is 6.54 Å². The Morgan fingerprint density at radius 1 is 1.36 bits per heavy atom. The second-order valence-corrected chi connectivity index (χ2v) is 6.61.